The molecule has 0 saturated carbocycles. The number of aliphatic hydroxyl groups is 5. The summed E-state index contributed by atoms with van der Waals surface area (Å²) < 4.78 is 61.2. The van der Waals surface area contributed by atoms with Crippen molar-refractivity contribution in [1.29, 1.82) is 0 Å². The van der Waals surface area contributed by atoms with Gasteiger partial charge in [-0.1, -0.05) is 25.5 Å². The topological polar surface area (TPSA) is 231 Å². The number of cyclic esters (lactones) is 1. The van der Waals surface area contributed by atoms with Crippen LogP contribution in [0.5, 0.6) is 0 Å². The molecule has 0 aromatic rings. The molecule has 18 nitrogen and oxygen atoms in total. The lowest BCUT2D eigenvalue weighted by atomic mass is 9.82. The van der Waals surface area contributed by atoms with Gasteiger partial charge in [-0.25, -0.2) is 0 Å². The summed E-state index contributed by atoms with van der Waals surface area (Å²) in [6, 6.07) is -0.705. The second kappa shape index (κ2) is 24.3. The normalized spacial score (nSPS) is 46.2. The molecular weight excluding hydrogens is 826 g/mol. The van der Waals surface area contributed by atoms with E-state index in [-0.39, 0.29) is 25.6 Å². The Labute approximate surface area is 373 Å². The van der Waals surface area contributed by atoms with Crippen LogP contribution in [0, 0.1) is 17.8 Å². The molecule has 1 unspecified atom stereocenters. The van der Waals surface area contributed by atoms with Crippen molar-refractivity contribution in [2.45, 2.75) is 204 Å². The van der Waals surface area contributed by atoms with E-state index in [4.69, 9.17) is 47.4 Å². The van der Waals surface area contributed by atoms with E-state index < -0.39 is 134 Å². The zero-order valence-corrected chi connectivity index (χ0v) is 39.4. The summed E-state index contributed by atoms with van der Waals surface area (Å²) in [7, 11) is 6.53. The minimum absolute atomic E-state index is 0.0145. The van der Waals surface area contributed by atoms with Gasteiger partial charge >= 0.3 is 5.97 Å². The molecule has 366 valence electrons. The molecule has 0 amide bonds. The monoisotopic (exact) mass is 906 g/mol. The molecule has 0 spiro atoms. The van der Waals surface area contributed by atoms with E-state index in [0.29, 0.717) is 25.9 Å². The summed E-state index contributed by atoms with van der Waals surface area (Å²) in [5.74, 6) is -2.37. The number of rotatable bonds is 13. The Kier molecular flexibility index (Phi) is 20.8. The number of ether oxygens (including phenoxy) is 10. The second-order valence-corrected chi connectivity index (χ2v) is 18.6. The van der Waals surface area contributed by atoms with Gasteiger partial charge in [-0.15, -0.1) is 0 Å². The zero-order chi connectivity index (χ0) is 46.9. The van der Waals surface area contributed by atoms with Gasteiger partial charge in [0.15, 0.2) is 18.9 Å². The fourth-order valence-electron chi connectivity index (χ4n) is 9.53. The quantitative estimate of drug-likeness (QED) is 0.101. The minimum atomic E-state index is -1.47. The highest BCUT2D eigenvalue weighted by Crippen LogP contribution is 2.37. The van der Waals surface area contributed by atoms with E-state index in [0.717, 1.165) is 11.9 Å². The Morgan fingerprint density at radius 2 is 1.56 bits per heavy atom. The van der Waals surface area contributed by atoms with Crippen molar-refractivity contribution in [3.63, 3.8) is 0 Å². The largest absolute Gasteiger partial charge is 0.462 e. The van der Waals surface area contributed by atoms with Gasteiger partial charge in [0, 0.05) is 38.9 Å². The third-order valence-corrected chi connectivity index (χ3v) is 13.3. The van der Waals surface area contributed by atoms with Crippen molar-refractivity contribution in [2.24, 2.45) is 17.8 Å². The van der Waals surface area contributed by atoms with E-state index in [1.807, 2.05) is 26.8 Å². The Bertz CT molecular complexity index is 1440. The fraction of sp³-hybridized carbons (Fsp3) is 0.911. The maximum Gasteiger partial charge on any atom is 0.308 e. The molecule has 63 heavy (non-hydrogen) atoms. The first kappa shape index (κ1) is 53.9. The molecule has 5 N–H and O–H groups in total. The maximum atomic E-state index is 13.8. The maximum absolute atomic E-state index is 13.8. The van der Waals surface area contributed by atoms with Crippen LogP contribution in [0.3, 0.4) is 0 Å². The van der Waals surface area contributed by atoms with Crippen molar-refractivity contribution < 1.29 is 82.5 Å². The number of hydrogen-bond acceptors (Lipinski definition) is 18. The lowest BCUT2D eigenvalue weighted by Gasteiger charge is -2.50. The van der Waals surface area contributed by atoms with Crippen LogP contribution in [-0.2, 0) is 57.0 Å². The number of esters is 1. The third-order valence-electron chi connectivity index (χ3n) is 13.3. The first-order valence-electron chi connectivity index (χ1n) is 22.6. The smallest absolute Gasteiger partial charge is 0.308 e. The molecule has 4 heterocycles. The van der Waals surface area contributed by atoms with Crippen LogP contribution in [0.25, 0.3) is 0 Å². The van der Waals surface area contributed by atoms with Gasteiger partial charge in [0.2, 0.25) is 0 Å². The highest BCUT2D eigenvalue weighted by molar-refractivity contribution is 5.70. The van der Waals surface area contributed by atoms with E-state index in [1.54, 1.807) is 46.7 Å². The van der Waals surface area contributed by atoms with Gasteiger partial charge < -0.3 is 82.6 Å². The molecule has 0 aromatic carbocycles. The standard InChI is InChI=1S/C45H79NO17/c1-13-32-30(22-57-44-41(55-12)40(54-11)36(50)26(5)59-44)18-23(2)15-17-56-24(3)19-29(14-16-47)38(25(4)31(48)20-33(49)61-32)63-43-37(51)35(46(9)10)39(27(6)60-43)62-34-21-45(8,53)42(52)28(7)58-34/h16,18,24-32,34-44,48,50-53H,13-15,17,19-22H2,1-12H3/b23-18+/t24-,25+,26-,27-,28+,29+,30-,31-,32-,34+,35?,36-,37-,38-,39-,40-,41-,42+,43+,44-,45-/m1/s1. The number of methoxy groups -OCH3 is 2. The average molecular weight is 906 g/mol. The van der Waals surface area contributed by atoms with Crippen LogP contribution in [0.15, 0.2) is 11.6 Å². The number of aliphatic hydroxyl groups excluding tert-OH is 4. The van der Waals surface area contributed by atoms with Gasteiger partial charge in [0.1, 0.15) is 49.0 Å². The lowest BCUT2D eigenvalue weighted by molar-refractivity contribution is -0.342. The molecule has 0 aromatic heterocycles. The van der Waals surface area contributed by atoms with Crippen molar-refractivity contribution in [1.82, 2.24) is 4.90 Å². The third kappa shape index (κ3) is 13.9. The van der Waals surface area contributed by atoms with Crippen LogP contribution in [0.1, 0.15) is 93.9 Å². The van der Waals surface area contributed by atoms with Gasteiger partial charge in [-0.3, -0.25) is 4.79 Å². The van der Waals surface area contributed by atoms with Crippen molar-refractivity contribution >= 4 is 12.3 Å². The molecule has 0 radical (unpaired) electrons. The average Bonchev–Trinajstić information content (AvgIpc) is 3.21. The number of nitrogens with zero attached hydrogens (tertiary/aromatic N) is 1. The summed E-state index contributed by atoms with van der Waals surface area (Å²) in [5.41, 5.74) is -0.506. The van der Waals surface area contributed by atoms with E-state index in [1.165, 1.54) is 21.1 Å². The van der Waals surface area contributed by atoms with Crippen molar-refractivity contribution in [3.05, 3.63) is 11.6 Å². The molecule has 0 bridgehead atoms. The minimum Gasteiger partial charge on any atom is -0.462 e. The fourth-order valence-corrected chi connectivity index (χ4v) is 9.53. The van der Waals surface area contributed by atoms with E-state index >= 15 is 0 Å². The molecule has 0 aliphatic carbocycles. The number of carbonyl (C=O) groups is 2. The first-order valence-corrected chi connectivity index (χ1v) is 22.6. The zero-order valence-electron chi connectivity index (χ0n) is 39.4. The van der Waals surface area contributed by atoms with Gasteiger partial charge in [0.25, 0.3) is 0 Å². The Morgan fingerprint density at radius 3 is 2.16 bits per heavy atom. The van der Waals surface area contributed by atoms with Crippen LogP contribution >= 0.6 is 0 Å². The van der Waals surface area contributed by atoms with Crippen LogP contribution in [-0.4, -0.2) is 194 Å². The molecule has 4 aliphatic rings. The van der Waals surface area contributed by atoms with Crippen LogP contribution in [0.2, 0.25) is 0 Å². The van der Waals surface area contributed by atoms with E-state index in [2.05, 4.69) is 0 Å². The van der Waals surface area contributed by atoms with Gasteiger partial charge in [-0.05, 0) is 80.8 Å². The highest BCUT2D eigenvalue weighted by atomic mass is 16.7. The molecule has 18 heteroatoms. The number of likely N-dealkylation sites (N-methyl/N-ethyl adjacent to an activating group) is 1. The van der Waals surface area contributed by atoms with Gasteiger partial charge in [0.05, 0.1) is 67.9 Å². The molecule has 4 rings (SSSR count). The highest BCUT2D eigenvalue weighted by Gasteiger charge is 2.52. The summed E-state index contributed by atoms with van der Waals surface area (Å²) in [6.07, 6.45) is -10.1. The second-order valence-electron chi connectivity index (χ2n) is 18.6. The number of carbonyl (C=O) groups excluding carboxylic acids is 2. The summed E-state index contributed by atoms with van der Waals surface area (Å²) in [5, 5.41) is 55.8. The van der Waals surface area contributed by atoms with Crippen LogP contribution in [0.4, 0.5) is 0 Å². The lowest BCUT2D eigenvalue weighted by Crippen LogP contribution is -2.65. The SMILES string of the molecule is CC[C@H]1OC(=O)C[C@@H](O)[C@H](C)[C@@H](O[C@@H]2O[C@H](C)[C@@H](O[C@H]3C[C@@](C)(O)[C@@H](O)[C@H](C)O3)C(N(C)C)[C@H]2O)[C@@H](CC=O)C[C@@H](C)OCC/C(C)=C/[C@@H]1CO[C@@H]1O[C@H](C)[C@@H](O)[C@@H](OC)[C@H]1OC. The number of aldehydes is 1. The Morgan fingerprint density at radius 1 is 0.889 bits per heavy atom. The molecule has 4 aliphatic heterocycles. The summed E-state index contributed by atoms with van der Waals surface area (Å²) in [4.78, 5) is 27.8. The molecule has 21 atom stereocenters. The summed E-state index contributed by atoms with van der Waals surface area (Å²) in [6.45, 7) is 14.6. The Balaban J connectivity index is 1.57. The van der Waals surface area contributed by atoms with Crippen LogP contribution < -0.4 is 0 Å². The molecular formula is C45H79NO17. The van der Waals surface area contributed by atoms with E-state index in [9.17, 15) is 35.1 Å². The predicted molar refractivity (Wildman–Crippen MR) is 227 cm³/mol. The molecule has 3 fully saturated rings. The number of hydrogen-bond donors (Lipinski definition) is 5. The predicted octanol–water partition coefficient (Wildman–Crippen LogP) is 1.87. The van der Waals surface area contributed by atoms with Crippen molar-refractivity contribution in [2.75, 3.05) is 41.5 Å². The first-order chi connectivity index (χ1) is 29.7. The Hall–Kier alpha value is -1.72. The molecule has 3 saturated heterocycles. The van der Waals surface area contributed by atoms with Gasteiger partial charge in [-0.2, -0.15) is 0 Å². The van der Waals surface area contributed by atoms with Crippen molar-refractivity contribution in [3.8, 4) is 0 Å². The summed E-state index contributed by atoms with van der Waals surface area (Å²) >= 11 is 0.